The van der Waals surface area contributed by atoms with Crippen molar-refractivity contribution >= 4 is 22.1 Å². The zero-order valence-electron chi connectivity index (χ0n) is 15.5. The minimum absolute atomic E-state index is 0.0690. The van der Waals surface area contributed by atoms with E-state index in [-0.39, 0.29) is 18.0 Å². The van der Waals surface area contributed by atoms with Crippen LogP contribution in [0, 0.1) is 0 Å². The van der Waals surface area contributed by atoms with E-state index < -0.39 is 15.9 Å². The van der Waals surface area contributed by atoms with Crippen molar-refractivity contribution in [3.8, 4) is 0 Å². The van der Waals surface area contributed by atoms with E-state index in [1.165, 1.54) is 18.3 Å². The van der Waals surface area contributed by atoms with E-state index in [1.54, 1.807) is 42.7 Å². The normalized spacial score (nSPS) is 11.6. The molecule has 1 aromatic heterocycles. The lowest BCUT2D eigenvalue weighted by Crippen LogP contribution is -2.39. The highest BCUT2D eigenvalue weighted by Crippen LogP contribution is 2.18. The molecule has 7 nitrogen and oxygen atoms in total. The second-order valence-electron chi connectivity index (χ2n) is 6.15. The maximum absolute atomic E-state index is 13.1. The van der Waals surface area contributed by atoms with Gasteiger partial charge in [-0.05, 0) is 35.4 Å². The van der Waals surface area contributed by atoms with Gasteiger partial charge in [-0.25, -0.2) is 13.8 Å². The Kier molecular flexibility index (Phi) is 6.83. The highest BCUT2D eigenvalue weighted by atomic mass is 32.2. The molecule has 1 heterocycles. The Morgan fingerprint density at radius 1 is 0.966 bits per heavy atom. The SMILES string of the molecule is O=C(CN(Cc1ccccc1)S(=O)(=O)c1ccccc1)N/N=C\c1ccncc1. The third kappa shape index (κ3) is 5.81. The van der Waals surface area contributed by atoms with E-state index in [4.69, 9.17) is 0 Å². The quantitative estimate of drug-likeness (QED) is 0.458. The third-order valence-electron chi connectivity index (χ3n) is 4.01. The van der Waals surface area contributed by atoms with E-state index in [0.29, 0.717) is 0 Å². The van der Waals surface area contributed by atoms with Crippen molar-refractivity contribution in [3.05, 3.63) is 96.3 Å². The van der Waals surface area contributed by atoms with Crippen LogP contribution in [0.1, 0.15) is 11.1 Å². The predicted octanol–water partition coefficient (Wildman–Crippen LogP) is 2.42. The Hall–Kier alpha value is -3.36. The van der Waals surface area contributed by atoms with Crippen LogP contribution in [-0.4, -0.2) is 36.4 Å². The number of hydrogen-bond donors (Lipinski definition) is 1. The number of benzene rings is 2. The smallest absolute Gasteiger partial charge is 0.255 e. The molecule has 1 N–H and O–H groups in total. The summed E-state index contributed by atoms with van der Waals surface area (Å²) in [6, 6.07) is 20.6. The summed E-state index contributed by atoms with van der Waals surface area (Å²) in [7, 11) is -3.86. The molecular weight excluding hydrogens is 388 g/mol. The molecule has 0 aliphatic carbocycles. The maximum Gasteiger partial charge on any atom is 0.255 e. The Balaban J connectivity index is 1.76. The maximum atomic E-state index is 13.1. The van der Waals surface area contributed by atoms with Gasteiger partial charge in [0.1, 0.15) is 0 Å². The van der Waals surface area contributed by atoms with E-state index in [0.717, 1.165) is 15.4 Å². The lowest BCUT2D eigenvalue weighted by Gasteiger charge is -2.21. The molecule has 0 saturated carbocycles. The molecule has 0 spiro atoms. The molecule has 3 aromatic rings. The van der Waals surface area contributed by atoms with Crippen molar-refractivity contribution in [3.63, 3.8) is 0 Å². The summed E-state index contributed by atoms with van der Waals surface area (Å²) in [4.78, 5) is 16.4. The molecule has 0 unspecified atom stereocenters. The standard InChI is InChI=1S/C21H20N4O3S/c26-21(24-23-15-18-11-13-22-14-12-18)17-25(16-19-7-3-1-4-8-19)29(27,28)20-9-5-2-6-10-20/h1-15H,16-17H2,(H,24,26)/b23-15-. The predicted molar refractivity (Wildman–Crippen MR) is 110 cm³/mol. The fourth-order valence-electron chi connectivity index (χ4n) is 2.58. The number of carbonyl (C=O) groups is 1. The molecule has 0 aliphatic rings. The Bertz CT molecular complexity index is 1060. The van der Waals surface area contributed by atoms with Crippen molar-refractivity contribution in [1.29, 1.82) is 0 Å². The third-order valence-corrected chi connectivity index (χ3v) is 5.82. The highest BCUT2D eigenvalue weighted by Gasteiger charge is 2.26. The molecule has 29 heavy (non-hydrogen) atoms. The Labute approximate surface area is 169 Å². The van der Waals surface area contributed by atoms with Gasteiger partial charge in [0.25, 0.3) is 5.91 Å². The lowest BCUT2D eigenvalue weighted by molar-refractivity contribution is -0.121. The molecule has 3 rings (SSSR count). The first-order chi connectivity index (χ1) is 14.1. The van der Waals surface area contributed by atoms with Gasteiger partial charge in [-0.2, -0.15) is 9.41 Å². The van der Waals surface area contributed by atoms with Crippen LogP contribution in [-0.2, 0) is 21.4 Å². The van der Waals surface area contributed by atoms with Crippen LogP contribution in [0.2, 0.25) is 0 Å². The first-order valence-electron chi connectivity index (χ1n) is 8.87. The molecule has 8 heteroatoms. The molecule has 0 saturated heterocycles. The van der Waals surface area contributed by atoms with Crippen LogP contribution in [0.15, 0.2) is 95.2 Å². The van der Waals surface area contributed by atoms with E-state index in [2.05, 4.69) is 15.5 Å². The molecule has 0 aliphatic heterocycles. The number of pyridine rings is 1. The van der Waals surface area contributed by atoms with Crippen molar-refractivity contribution < 1.29 is 13.2 Å². The molecule has 1 amide bonds. The Morgan fingerprint density at radius 2 is 1.59 bits per heavy atom. The highest BCUT2D eigenvalue weighted by molar-refractivity contribution is 7.89. The zero-order valence-corrected chi connectivity index (χ0v) is 16.4. The van der Waals surface area contributed by atoms with Crippen molar-refractivity contribution in [2.75, 3.05) is 6.54 Å². The number of sulfonamides is 1. The average Bonchev–Trinajstić information content (AvgIpc) is 2.75. The molecule has 148 valence electrons. The fraction of sp³-hybridized carbons (Fsp3) is 0.0952. The van der Waals surface area contributed by atoms with E-state index in [9.17, 15) is 13.2 Å². The van der Waals surface area contributed by atoms with Gasteiger partial charge < -0.3 is 0 Å². The Morgan fingerprint density at radius 3 is 2.24 bits per heavy atom. The summed E-state index contributed by atoms with van der Waals surface area (Å²) >= 11 is 0. The molecule has 0 radical (unpaired) electrons. The molecule has 0 bridgehead atoms. The van der Waals surface area contributed by atoms with Crippen molar-refractivity contribution in [2.45, 2.75) is 11.4 Å². The van der Waals surface area contributed by atoms with Crippen molar-refractivity contribution in [2.24, 2.45) is 5.10 Å². The van der Waals surface area contributed by atoms with Gasteiger partial charge in [-0.3, -0.25) is 9.78 Å². The summed E-state index contributed by atoms with van der Waals surface area (Å²) in [5.41, 5.74) is 3.92. The van der Waals surface area contributed by atoms with Crippen LogP contribution in [0.25, 0.3) is 0 Å². The first kappa shape index (κ1) is 20.4. The summed E-state index contributed by atoms with van der Waals surface area (Å²) < 4.78 is 27.3. The van der Waals surface area contributed by atoms with Gasteiger partial charge in [-0.15, -0.1) is 0 Å². The number of nitrogens with zero attached hydrogens (tertiary/aromatic N) is 3. The second kappa shape index (κ2) is 9.72. The van der Waals surface area contributed by atoms with Crippen LogP contribution >= 0.6 is 0 Å². The van der Waals surface area contributed by atoms with Gasteiger partial charge in [0.2, 0.25) is 10.0 Å². The monoisotopic (exact) mass is 408 g/mol. The van der Waals surface area contributed by atoms with Crippen LogP contribution in [0.4, 0.5) is 0 Å². The molecule has 0 atom stereocenters. The second-order valence-corrected chi connectivity index (χ2v) is 8.08. The van der Waals surface area contributed by atoms with Gasteiger partial charge in [0.05, 0.1) is 17.7 Å². The van der Waals surface area contributed by atoms with Gasteiger partial charge in [-0.1, -0.05) is 48.5 Å². The van der Waals surface area contributed by atoms with Gasteiger partial charge >= 0.3 is 0 Å². The topological polar surface area (TPSA) is 91.7 Å². The number of nitrogens with one attached hydrogen (secondary N) is 1. The van der Waals surface area contributed by atoms with Crippen LogP contribution < -0.4 is 5.43 Å². The molecule has 2 aromatic carbocycles. The van der Waals surface area contributed by atoms with E-state index >= 15 is 0 Å². The summed E-state index contributed by atoms with van der Waals surface area (Å²) in [5, 5.41) is 3.88. The minimum Gasteiger partial charge on any atom is -0.272 e. The minimum atomic E-state index is -3.86. The lowest BCUT2D eigenvalue weighted by atomic mass is 10.2. The number of hydrogen-bond acceptors (Lipinski definition) is 5. The van der Waals surface area contributed by atoms with Crippen molar-refractivity contribution in [1.82, 2.24) is 14.7 Å². The van der Waals surface area contributed by atoms with Crippen LogP contribution in [0.3, 0.4) is 0 Å². The average molecular weight is 408 g/mol. The number of amides is 1. The van der Waals surface area contributed by atoms with E-state index in [1.807, 2.05) is 30.3 Å². The molecule has 0 fully saturated rings. The number of hydrazone groups is 1. The molecular formula is C21H20N4O3S. The fourth-order valence-corrected chi connectivity index (χ4v) is 3.98. The first-order valence-corrected chi connectivity index (χ1v) is 10.3. The zero-order chi connectivity index (χ0) is 20.5. The summed E-state index contributed by atoms with van der Waals surface area (Å²) in [5.74, 6) is -0.536. The van der Waals surface area contributed by atoms with Gasteiger partial charge in [0.15, 0.2) is 0 Å². The number of carbonyl (C=O) groups excluding carboxylic acids is 1. The number of aromatic nitrogens is 1. The number of rotatable bonds is 8. The summed E-state index contributed by atoms with van der Waals surface area (Å²) in [6.07, 6.45) is 4.68. The van der Waals surface area contributed by atoms with Gasteiger partial charge in [0, 0.05) is 18.9 Å². The summed E-state index contributed by atoms with van der Waals surface area (Å²) in [6.45, 7) is -0.292. The van der Waals surface area contributed by atoms with Crippen LogP contribution in [0.5, 0.6) is 0 Å². The largest absolute Gasteiger partial charge is 0.272 e.